The van der Waals surface area contributed by atoms with Crippen molar-refractivity contribution in [2.75, 3.05) is 26.1 Å². The molecule has 2 N–H and O–H groups in total. The van der Waals surface area contributed by atoms with Crippen LogP contribution in [0, 0.1) is 0 Å². The topological polar surface area (TPSA) is 116 Å². The second kappa shape index (κ2) is 10.0. The Morgan fingerprint density at radius 2 is 1.85 bits per heavy atom. The molecule has 0 radical (unpaired) electrons. The molecule has 0 fully saturated rings. The van der Waals surface area contributed by atoms with Crippen molar-refractivity contribution < 1.29 is 28.6 Å². The molecule has 0 bridgehead atoms. The normalized spacial score (nSPS) is 22.2. The molecule has 1 aromatic carbocycles. The van der Waals surface area contributed by atoms with Crippen molar-refractivity contribution in [1.29, 1.82) is 0 Å². The minimum absolute atomic E-state index is 0.122. The number of hydrogen-bond donors (Lipinski definition) is 2. The van der Waals surface area contributed by atoms with E-state index in [4.69, 9.17) is 14.2 Å². The lowest BCUT2D eigenvalue weighted by Gasteiger charge is -2.47. The summed E-state index contributed by atoms with van der Waals surface area (Å²) in [5.41, 5.74) is 0.239. The summed E-state index contributed by atoms with van der Waals surface area (Å²) in [6.07, 6.45) is 0. The Balaban J connectivity index is 2.21. The number of esters is 3. The van der Waals surface area contributed by atoms with Crippen LogP contribution in [0.5, 0.6) is 0 Å². The van der Waals surface area contributed by atoms with Crippen LogP contribution in [0.25, 0.3) is 0 Å². The van der Waals surface area contributed by atoms with E-state index in [1.807, 2.05) is 37.3 Å². The van der Waals surface area contributed by atoms with E-state index in [9.17, 15) is 14.4 Å². The van der Waals surface area contributed by atoms with Gasteiger partial charge in [-0.3, -0.25) is 0 Å². The number of nitrogens with one attached hydrogen (secondary N) is 2. The van der Waals surface area contributed by atoms with Crippen molar-refractivity contribution in [2.24, 2.45) is 0 Å². The summed E-state index contributed by atoms with van der Waals surface area (Å²) in [7, 11) is 2.58. The first kappa shape index (κ1) is 24.2. The molecule has 3 atom stereocenters. The van der Waals surface area contributed by atoms with Gasteiger partial charge >= 0.3 is 17.9 Å². The number of carbonyl (C=O) groups excluding carboxylic acids is 3. The van der Waals surface area contributed by atoms with E-state index < -0.39 is 35.4 Å². The van der Waals surface area contributed by atoms with Crippen molar-refractivity contribution in [3.05, 3.63) is 58.2 Å². The molecule has 10 heteroatoms. The number of benzene rings is 1. The van der Waals surface area contributed by atoms with Gasteiger partial charge in [-0.25, -0.2) is 19.4 Å². The minimum atomic E-state index is -1.48. The second-order valence-electron chi connectivity index (χ2n) is 7.48. The highest BCUT2D eigenvalue weighted by molar-refractivity contribution is 7.13. The highest BCUT2D eigenvalue weighted by Gasteiger charge is 2.58. The maximum Gasteiger partial charge on any atom is 0.357 e. The zero-order valence-electron chi connectivity index (χ0n) is 19.1. The molecule has 0 amide bonds. The second-order valence-corrected chi connectivity index (χ2v) is 8.34. The van der Waals surface area contributed by atoms with Crippen molar-refractivity contribution in [3.8, 4) is 0 Å². The van der Waals surface area contributed by atoms with Gasteiger partial charge in [-0.1, -0.05) is 30.3 Å². The first-order valence-corrected chi connectivity index (χ1v) is 11.3. The van der Waals surface area contributed by atoms with Gasteiger partial charge in [-0.15, -0.1) is 11.3 Å². The fourth-order valence-electron chi connectivity index (χ4n) is 4.17. The lowest BCUT2D eigenvalue weighted by Crippen LogP contribution is -2.66. The highest BCUT2D eigenvalue weighted by atomic mass is 32.1. The number of carbonyl (C=O) groups is 3. The van der Waals surface area contributed by atoms with Crippen LogP contribution in [0.15, 0.2) is 47.0 Å². The quantitative estimate of drug-likeness (QED) is 0.462. The van der Waals surface area contributed by atoms with Crippen molar-refractivity contribution >= 4 is 34.4 Å². The number of thiazole rings is 1. The Hall–Kier alpha value is -3.40. The van der Waals surface area contributed by atoms with Crippen molar-refractivity contribution in [3.63, 3.8) is 0 Å². The third-order valence-electron chi connectivity index (χ3n) is 5.63. The lowest BCUT2D eigenvalue weighted by molar-refractivity contribution is -0.148. The molecule has 3 rings (SSSR count). The van der Waals surface area contributed by atoms with E-state index in [1.54, 1.807) is 19.2 Å². The van der Waals surface area contributed by atoms with E-state index >= 15 is 0 Å². The third-order valence-corrected chi connectivity index (χ3v) is 6.39. The zero-order valence-corrected chi connectivity index (χ0v) is 19.9. The number of allylic oxidation sites excluding steroid dienone is 1. The third kappa shape index (κ3) is 4.43. The predicted molar refractivity (Wildman–Crippen MR) is 123 cm³/mol. The molecule has 9 nitrogen and oxygen atoms in total. The fraction of sp³-hybridized carbons (Fsp3) is 0.391. The summed E-state index contributed by atoms with van der Waals surface area (Å²) < 4.78 is 15.3. The number of ether oxygens (including phenoxy) is 3. The van der Waals surface area contributed by atoms with E-state index in [0.29, 0.717) is 22.0 Å². The largest absolute Gasteiger partial charge is 0.467 e. The van der Waals surface area contributed by atoms with Crippen LogP contribution in [0.3, 0.4) is 0 Å². The zero-order chi connectivity index (χ0) is 24.2. The van der Waals surface area contributed by atoms with E-state index in [-0.39, 0.29) is 12.3 Å². The van der Waals surface area contributed by atoms with Crippen molar-refractivity contribution in [2.45, 2.75) is 38.3 Å². The van der Waals surface area contributed by atoms with Crippen LogP contribution in [-0.4, -0.2) is 55.3 Å². The van der Waals surface area contributed by atoms with Crippen LogP contribution in [-0.2, 0) is 23.8 Å². The van der Waals surface area contributed by atoms with Crippen LogP contribution >= 0.6 is 11.3 Å². The van der Waals surface area contributed by atoms with Gasteiger partial charge in [-0.05, 0) is 26.3 Å². The average Bonchev–Trinajstić information content (AvgIpc) is 3.28. The van der Waals surface area contributed by atoms with Gasteiger partial charge in [-0.2, -0.15) is 0 Å². The Morgan fingerprint density at radius 3 is 2.45 bits per heavy atom. The number of aromatic nitrogens is 1. The molecule has 1 aliphatic rings. The van der Waals surface area contributed by atoms with Gasteiger partial charge in [0.15, 0.2) is 16.4 Å². The number of rotatable bonds is 7. The van der Waals surface area contributed by atoms with E-state index in [0.717, 1.165) is 11.3 Å². The first-order chi connectivity index (χ1) is 15.8. The molecule has 33 heavy (non-hydrogen) atoms. The smallest absolute Gasteiger partial charge is 0.357 e. The molecule has 2 heterocycles. The Kier molecular flexibility index (Phi) is 7.37. The van der Waals surface area contributed by atoms with Crippen LogP contribution in [0.1, 0.15) is 42.7 Å². The van der Waals surface area contributed by atoms with Crippen LogP contribution in [0.4, 0.5) is 5.13 Å². The van der Waals surface area contributed by atoms with Crippen LogP contribution < -0.4 is 10.6 Å². The minimum Gasteiger partial charge on any atom is -0.467 e. The summed E-state index contributed by atoms with van der Waals surface area (Å²) in [4.78, 5) is 42.8. The average molecular weight is 474 g/mol. The van der Waals surface area contributed by atoms with Gasteiger partial charge in [0.1, 0.15) is 0 Å². The molecule has 1 aliphatic heterocycles. The first-order valence-electron chi connectivity index (χ1n) is 10.4. The Labute approximate surface area is 196 Å². The number of hydrogen-bond acceptors (Lipinski definition) is 10. The molecule has 0 spiro atoms. The van der Waals surface area contributed by atoms with Crippen molar-refractivity contribution in [1.82, 2.24) is 10.3 Å². The molecule has 2 aromatic rings. The molecule has 1 aromatic heterocycles. The fourth-order valence-corrected chi connectivity index (χ4v) is 4.92. The summed E-state index contributed by atoms with van der Waals surface area (Å²) in [6, 6.07) is 8.65. The molecule has 3 unspecified atom stereocenters. The summed E-state index contributed by atoms with van der Waals surface area (Å²) in [5.74, 6) is -2.50. The van der Waals surface area contributed by atoms with Gasteiger partial charge < -0.3 is 24.8 Å². The highest BCUT2D eigenvalue weighted by Crippen LogP contribution is 2.45. The van der Waals surface area contributed by atoms with E-state index in [2.05, 4.69) is 15.6 Å². The predicted octanol–water partition coefficient (Wildman–Crippen LogP) is 2.87. The van der Waals surface area contributed by atoms with E-state index in [1.165, 1.54) is 14.2 Å². The van der Waals surface area contributed by atoms with Crippen LogP contribution in [0.2, 0.25) is 0 Å². The molecule has 0 saturated heterocycles. The van der Waals surface area contributed by atoms with Gasteiger partial charge in [0.2, 0.25) is 0 Å². The summed E-state index contributed by atoms with van der Waals surface area (Å²) in [6.45, 7) is 5.51. The van der Waals surface area contributed by atoms with Gasteiger partial charge in [0, 0.05) is 11.1 Å². The molecule has 0 aliphatic carbocycles. The number of nitrogens with zero attached hydrogens (tertiary/aromatic N) is 1. The standard InChI is InChI=1S/C23H27N3O6S/c1-6-32-19(27)16-12-33-22(25-16)26-23(21(29)31-5)14(3)24-13(2)17(20(28)30-4)18(23)15-10-8-7-9-11-15/h7-12,14,18,24H,6H2,1-5H3,(H,25,26). The molecular formula is C23H27N3O6S. The maximum atomic E-state index is 13.5. The Morgan fingerprint density at radius 1 is 1.15 bits per heavy atom. The molecular weight excluding hydrogens is 446 g/mol. The monoisotopic (exact) mass is 473 g/mol. The molecule has 0 saturated carbocycles. The molecule has 176 valence electrons. The SMILES string of the molecule is CCOC(=O)c1csc(NC2(C(=O)OC)C(C)NC(C)=C(C(=O)OC)C2c2ccccc2)n1. The lowest BCUT2D eigenvalue weighted by atomic mass is 9.68. The maximum absolute atomic E-state index is 13.5. The summed E-state index contributed by atoms with van der Waals surface area (Å²) >= 11 is 1.15. The Bertz CT molecular complexity index is 1070. The number of methoxy groups -OCH3 is 2. The summed E-state index contributed by atoms with van der Waals surface area (Å²) in [5, 5.41) is 8.29. The van der Waals surface area contributed by atoms with Gasteiger partial charge in [0.05, 0.1) is 38.4 Å². The van der Waals surface area contributed by atoms with Gasteiger partial charge in [0.25, 0.3) is 0 Å². The number of anilines is 1.